The molecule has 0 amide bonds. The first-order valence-corrected chi connectivity index (χ1v) is 49.4. The average molecular weight is 1880 g/mol. The second-order valence-electron chi connectivity index (χ2n) is 38.9. The van der Waals surface area contributed by atoms with Crippen LogP contribution in [0.5, 0.6) is 0 Å². The summed E-state index contributed by atoms with van der Waals surface area (Å²) in [5.74, 6) is 8.19. The topological polar surface area (TPSA) is 207 Å². The minimum Gasteiger partial charge on any atom is -0.456 e. The minimum atomic E-state index is -0.638. The van der Waals surface area contributed by atoms with Crippen molar-refractivity contribution in [3.8, 4) is 181 Å². The highest BCUT2D eigenvalue weighted by Gasteiger charge is 2.59. The van der Waals surface area contributed by atoms with Gasteiger partial charge in [0.2, 0.25) is 0 Å². The van der Waals surface area contributed by atoms with Gasteiger partial charge in [0.15, 0.2) is 52.4 Å². The maximum Gasteiger partial charge on any atom is 0.165 e. The van der Waals surface area contributed by atoms with E-state index in [2.05, 4.69) is 349 Å². The maximum atomic E-state index is 6.87. The fourth-order valence-corrected chi connectivity index (χ4v) is 25.0. The molecule has 15 aromatic carbocycles. The monoisotopic (exact) mass is 1880 g/mol. The van der Waals surface area contributed by atoms with Crippen LogP contribution in [0.3, 0.4) is 0 Å². The summed E-state index contributed by atoms with van der Waals surface area (Å²) in [7, 11) is 0. The van der Waals surface area contributed by atoms with E-state index in [0.29, 0.717) is 52.4 Å². The number of pyridine rings is 4. The van der Waals surface area contributed by atoms with Gasteiger partial charge in [-0.15, -0.1) is 0 Å². The fourth-order valence-electron chi connectivity index (χ4n) is 25.0. The molecule has 10 aromatic heterocycles. The van der Waals surface area contributed by atoms with Crippen LogP contribution in [0.2, 0.25) is 0 Å². The summed E-state index contributed by atoms with van der Waals surface area (Å²) < 4.78 is 20.2. The Kier molecular flexibility index (Phi) is 18.2. The molecule has 686 valence electrons. The maximum absolute atomic E-state index is 6.87. The van der Waals surface area contributed by atoms with E-state index in [9.17, 15) is 0 Å². The molecule has 32 rings (SSSR count). The van der Waals surface area contributed by atoms with Gasteiger partial charge in [0, 0.05) is 155 Å². The van der Waals surface area contributed by atoms with Gasteiger partial charge in [0.1, 0.15) is 34.0 Å². The second-order valence-corrected chi connectivity index (χ2v) is 38.9. The van der Waals surface area contributed by atoms with Crippen molar-refractivity contribution in [2.24, 2.45) is 0 Å². The Bertz CT molecular complexity index is 9660. The van der Waals surface area contributed by atoms with Gasteiger partial charge in [-0.3, -0.25) is 19.9 Å². The molecule has 0 N–H and O–H groups in total. The molecule has 7 aliphatic rings. The average Bonchev–Trinajstić information content (AvgIpc) is 1.50. The molecule has 10 heterocycles. The molecular weight excluding hydrogens is 1800 g/mol. The summed E-state index contributed by atoms with van der Waals surface area (Å²) in [5, 5.41) is 3.38. The molecule has 0 radical (unpaired) electrons. The third-order valence-corrected chi connectivity index (χ3v) is 31.0. The summed E-state index contributed by atoms with van der Waals surface area (Å²) in [6, 6.07) is 139. The first kappa shape index (κ1) is 83.3. The van der Waals surface area contributed by atoms with Crippen LogP contribution in [0.25, 0.3) is 214 Å². The van der Waals surface area contributed by atoms with Crippen molar-refractivity contribution in [1.29, 1.82) is 0 Å². The SMILES string of the molecule is CC1(C)c2ccccc2-c2ccc(-c3nc(-c4ccccc4)nc(-c4ccc5c(c4)-c4oc6ccccc6c4C54c5ccccc5-c5ccccc54)n3)cc21.c1ccc2c(c1)-c1cccc(-c3nc(-c4ccncc4)nc(-c4ccncc4)n3)c1C21c2ccccc2-c2oc3ccccc3c21.c1cncc(-c2nc(-c3cccnc3)nc(-c3ccc4c(c3)-c3ccccc3C43c4ccccc4-c4oc5ccccc5c43)n2)c1. The molecule has 25 aromatic rings. The largest absolute Gasteiger partial charge is 0.456 e. The number of furan rings is 3. The molecule has 0 fully saturated rings. The third kappa shape index (κ3) is 12.1. The molecule has 7 aliphatic carbocycles. The zero-order valence-electron chi connectivity index (χ0n) is 79.2. The molecule has 0 bridgehead atoms. The van der Waals surface area contributed by atoms with Crippen molar-refractivity contribution in [3.63, 3.8) is 0 Å². The van der Waals surface area contributed by atoms with Crippen LogP contribution in [0, 0.1) is 0 Å². The quantitative estimate of drug-likeness (QED) is 0.132. The second kappa shape index (κ2) is 32.0. The number of hydrogen-bond donors (Lipinski definition) is 0. The summed E-state index contributed by atoms with van der Waals surface area (Å²) in [4.78, 5) is 62.7. The zero-order valence-corrected chi connectivity index (χ0v) is 79.2. The number of nitrogens with zero attached hydrogens (tertiary/aromatic N) is 13. The van der Waals surface area contributed by atoms with E-state index < -0.39 is 16.2 Å². The number of para-hydroxylation sites is 3. The van der Waals surface area contributed by atoms with E-state index in [4.69, 9.17) is 58.1 Å². The van der Waals surface area contributed by atoms with Crippen LogP contribution < -0.4 is 0 Å². The van der Waals surface area contributed by atoms with E-state index in [1.54, 1.807) is 49.6 Å². The van der Waals surface area contributed by atoms with Crippen LogP contribution in [-0.4, -0.2) is 64.8 Å². The van der Waals surface area contributed by atoms with Crippen molar-refractivity contribution in [3.05, 3.63) is 522 Å². The molecule has 2 unspecified atom stereocenters. The molecule has 0 aliphatic heterocycles. The van der Waals surface area contributed by atoms with Crippen LogP contribution in [0.1, 0.15) is 91.7 Å². The number of rotatable bonds is 9. The van der Waals surface area contributed by atoms with Crippen molar-refractivity contribution in [1.82, 2.24) is 64.8 Å². The fraction of sp³-hybridized carbons (Fsp3) is 0.0458. The number of benzene rings is 15. The number of hydrogen-bond acceptors (Lipinski definition) is 16. The molecule has 147 heavy (non-hydrogen) atoms. The normalized spacial score (nSPS) is 15.2. The van der Waals surface area contributed by atoms with Crippen LogP contribution in [0.4, 0.5) is 0 Å². The highest BCUT2D eigenvalue weighted by Crippen LogP contribution is 2.70. The highest BCUT2D eigenvalue weighted by molar-refractivity contribution is 6.07. The summed E-state index contributed by atoms with van der Waals surface area (Å²) in [5.41, 5.74) is 39.4. The van der Waals surface area contributed by atoms with E-state index in [1.807, 2.05) is 78.9 Å². The molecule has 3 spiro atoms. The number of aromatic nitrogens is 13. The lowest BCUT2D eigenvalue weighted by Gasteiger charge is -2.31. The van der Waals surface area contributed by atoms with Crippen molar-refractivity contribution in [2.75, 3.05) is 0 Å². The standard InChI is InChI=1S/C51H33N3O.2C40H23N5O/c1-50(2)39-20-10-6-16-33(39)36-26-24-32(29-43(36)50)49-53-47(30-14-4-3-5-15-30)52-48(54-49)31-25-27-42-38(28-31)46-45(37-19-9-13-23-44(37)55-46)51(42)40-21-11-7-17-34(40)35-18-8-12-22-41(35)51;1-4-14-31-27(11-1)30-21-24(37-43-38(25-9-7-19-41-22-25)45-39(44-37)26-10-8-20-42-23-26)17-18-33(30)40(31)32-15-5-2-12-28(32)36-35(40)29-13-3-6-16-34(29)46-36;1-4-13-31-26(8-1)27-11-7-12-30(39-44-37(24-16-20-41-21-17-24)43-38(45-39)25-18-22-42-23-19-25)34(27)40(31)32-14-5-2-9-28(32)36-35(40)29-10-3-6-15-33(29)46-36/h3-29H,1-2H3;2*1-23H. The van der Waals surface area contributed by atoms with Gasteiger partial charge in [-0.1, -0.05) is 323 Å². The van der Waals surface area contributed by atoms with E-state index in [-0.39, 0.29) is 5.41 Å². The summed E-state index contributed by atoms with van der Waals surface area (Å²) in [6.07, 6.45) is 14.1. The molecule has 0 saturated carbocycles. The molecule has 16 heteroatoms. The highest BCUT2D eigenvalue weighted by atomic mass is 16.3. The van der Waals surface area contributed by atoms with Gasteiger partial charge >= 0.3 is 0 Å². The Morgan fingerprint density at radius 3 is 0.939 bits per heavy atom. The van der Waals surface area contributed by atoms with Gasteiger partial charge in [0.25, 0.3) is 0 Å². The lowest BCUT2D eigenvalue weighted by atomic mass is 9.68. The minimum absolute atomic E-state index is 0.141. The van der Waals surface area contributed by atoms with E-state index in [0.717, 1.165) is 134 Å². The third-order valence-electron chi connectivity index (χ3n) is 31.0. The Balaban J connectivity index is 0.000000103. The van der Waals surface area contributed by atoms with Crippen molar-refractivity contribution >= 4 is 32.9 Å². The summed E-state index contributed by atoms with van der Waals surface area (Å²) in [6.45, 7) is 4.61. The Labute approximate surface area is 843 Å². The van der Waals surface area contributed by atoms with Gasteiger partial charge in [0.05, 0.1) is 16.2 Å². The summed E-state index contributed by atoms with van der Waals surface area (Å²) >= 11 is 0. The number of fused-ring (bicyclic) bond motifs is 39. The Hall–Kier alpha value is -19.4. The van der Waals surface area contributed by atoms with Gasteiger partial charge < -0.3 is 13.3 Å². The smallest absolute Gasteiger partial charge is 0.165 e. The molecule has 0 saturated heterocycles. The zero-order chi connectivity index (χ0) is 97.0. The first-order valence-electron chi connectivity index (χ1n) is 49.4. The predicted molar refractivity (Wildman–Crippen MR) is 575 cm³/mol. The van der Waals surface area contributed by atoms with Crippen molar-refractivity contribution < 1.29 is 13.3 Å². The molecule has 2 atom stereocenters. The van der Waals surface area contributed by atoms with Crippen LogP contribution in [0.15, 0.2) is 457 Å². The Morgan fingerprint density at radius 1 is 0.170 bits per heavy atom. The van der Waals surface area contributed by atoms with Crippen LogP contribution >= 0.6 is 0 Å². The van der Waals surface area contributed by atoms with Gasteiger partial charge in [-0.2, -0.15) is 0 Å². The van der Waals surface area contributed by atoms with Crippen molar-refractivity contribution in [2.45, 2.75) is 35.5 Å². The lowest BCUT2D eigenvalue weighted by Crippen LogP contribution is -2.27. The lowest BCUT2D eigenvalue weighted by molar-refractivity contribution is 0.628. The van der Waals surface area contributed by atoms with Gasteiger partial charge in [-0.05, 0) is 191 Å². The molecular formula is C131H79N13O3. The van der Waals surface area contributed by atoms with Crippen LogP contribution in [-0.2, 0) is 21.7 Å². The van der Waals surface area contributed by atoms with E-state index in [1.165, 1.54) is 106 Å². The molecule has 16 nitrogen and oxygen atoms in total. The Morgan fingerprint density at radius 2 is 0.469 bits per heavy atom. The predicted octanol–water partition coefficient (Wildman–Crippen LogP) is 29.8. The van der Waals surface area contributed by atoms with Gasteiger partial charge in [-0.25, -0.2) is 44.9 Å². The van der Waals surface area contributed by atoms with E-state index >= 15 is 0 Å². The first-order chi connectivity index (χ1) is 72.6.